The molecule has 1 aromatic rings. The SMILES string of the molecule is NC(=O)C#Cc1ccc(O)c(Cl)c1. The minimum atomic E-state index is -0.704. The van der Waals surface area contributed by atoms with Crippen LogP contribution in [0, 0.1) is 11.8 Å². The standard InChI is InChI=1S/C9H6ClNO2/c10-7-5-6(1-3-8(7)12)2-4-9(11)13/h1,3,5,12H,(H2,11,13). The van der Waals surface area contributed by atoms with E-state index in [9.17, 15) is 4.79 Å². The number of rotatable bonds is 0. The Hall–Kier alpha value is -1.66. The van der Waals surface area contributed by atoms with E-state index in [0.29, 0.717) is 5.56 Å². The lowest BCUT2D eigenvalue weighted by Gasteiger charge is -1.95. The first-order valence-corrected chi connectivity index (χ1v) is 3.77. The molecule has 0 unspecified atom stereocenters. The molecule has 0 radical (unpaired) electrons. The smallest absolute Gasteiger partial charge is 0.293 e. The molecule has 0 saturated heterocycles. The number of amides is 1. The Kier molecular flexibility index (Phi) is 2.78. The number of hydrogen-bond donors (Lipinski definition) is 2. The van der Waals surface area contributed by atoms with E-state index in [1.54, 1.807) is 0 Å². The fraction of sp³-hybridized carbons (Fsp3) is 0. The Balaban J connectivity index is 3.00. The minimum Gasteiger partial charge on any atom is -0.506 e. The number of primary amides is 1. The molecule has 0 spiro atoms. The van der Waals surface area contributed by atoms with Crippen LogP contribution < -0.4 is 5.73 Å². The van der Waals surface area contributed by atoms with Gasteiger partial charge in [-0.2, -0.15) is 0 Å². The van der Waals surface area contributed by atoms with Crippen molar-refractivity contribution in [1.82, 2.24) is 0 Å². The van der Waals surface area contributed by atoms with E-state index in [1.807, 2.05) is 0 Å². The number of carbonyl (C=O) groups excluding carboxylic acids is 1. The molecule has 1 aromatic carbocycles. The van der Waals surface area contributed by atoms with Crippen molar-refractivity contribution in [2.75, 3.05) is 0 Å². The first-order chi connectivity index (χ1) is 6.09. The zero-order valence-electron chi connectivity index (χ0n) is 6.54. The first kappa shape index (κ1) is 9.43. The van der Waals surface area contributed by atoms with Crippen molar-refractivity contribution in [2.24, 2.45) is 5.73 Å². The van der Waals surface area contributed by atoms with Crippen LogP contribution in [0.1, 0.15) is 5.56 Å². The average molecular weight is 196 g/mol. The van der Waals surface area contributed by atoms with Gasteiger partial charge in [0, 0.05) is 5.56 Å². The van der Waals surface area contributed by atoms with E-state index in [2.05, 4.69) is 11.8 Å². The van der Waals surface area contributed by atoms with Crippen molar-refractivity contribution in [3.8, 4) is 17.6 Å². The summed E-state index contributed by atoms with van der Waals surface area (Å²) in [6, 6.07) is 4.39. The van der Waals surface area contributed by atoms with Gasteiger partial charge in [0.05, 0.1) is 5.02 Å². The van der Waals surface area contributed by atoms with Crippen LogP contribution in [0.15, 0.2) is 18.2 Å². The van der Waals surface area contributed by atoms with Crippen LogP contribution in [-0.2, 0) is 4.79 Å². The zero-order chi connectivity index (χ0) is 9.84. The molecule has 1 amide bonds. The minimum absolute atomic E-state index is 0.0220. The van der Waals surface area contributed by atoms with Gasteiger partial charge in [0.15, 0.2) is 0 Å². The first-order valence-electron chi connectivity index (χ1n) is 3.39. The second kappa shape index (κ2) is 3.83. The summed E-state index contributed by atoms with van der Waals surface area (Å²) >= 11 is 5.60. The van der Waals surface area contributed by atoms with Crippen LogP contribution in [0.2, 0.25) is 5.02 Å². The number of phenolic OH excluding ortho intramolecular Hbond substituents is 1. The molecule has 66 valence electrons. The van der Waals surface area contributed by atoms with Crippen LogP contribution in [0.5, 0.6) is 5.75 Å². The molecule has 0 fully saturated rings. The molecule has 4 heteroatoms. The van der Waals surface area contributed by atoms with Crippen LogP contribution in [0.3, 0.4) is 0 Å². The molecular formula is C9H6ClNO2. The maximum Gasteiger partial charge on any atom is 0.293 e. The van der Waals surface area contributed by atoms with Gasteiger partial charge in [0.1, 0.15) is 5.75 Å². The molecule has 0 heterocycles. The van der Waals surface area contributed by atoms with E-state index >= 15 is 0 Å². The van der Waals surface area contributed by atoms with Gasteiger partial charge in [0.25, 0.3) is 5.91 Å². The molecule has 3 N–H and O–H groups in total. The largest absolute Gasteiger partial charge is 0.506 e. The highest BCUT2D eigenvalue weighted by atomic mass is 35.5. The van der Waals surface area contributed by atoms with Crippen LogP contribution >= 0.6 is 11.6 Å². The summed E-state index contributed by atoms with van der Waals surface area (Å²) in [5.74, 6) is 3.92. The van der Waals surface area contributed by atoms with Crippen molar-refractivity contribution < 1.29 is 9.90 Å². The molecular weight excluding hydrogens is 190 g/mol. The van der Waals surface area contributed by atoms with Crippen molar-refractivity contribution in [1.29, 1.82) is 0 Å². The number of carbonyl (C=O) groups is 1. The lowest BCUT2D eigenvalue weighted by atomic mass is 10.2. The molecule has 13 heavy (non-hydrogen) atoms. The van der Waals surface area contributed by atoms with Gasteiger partial charge < -0.3 is 10.8 Å². The van der Waals surface area contributed by atoms with Crippen LogP contribution in [0.25, 0.3) is 0 Å². The summed E-state index contributed by atoms with van der Waals surface area (Å²) in [5.41, 5.74) is 5.34. The summed E-state index contributed by atoms with van der Waals surface area (Å²) < 4.78 is 0. The van der Waals surface area contributed by atoms with Gasteiger partial charge in [-0.3, -0.25) is 4.79 Å². The average Bonchev–Trinajstić information content (AvgIpc) is 2.07. The van der Waals surface area contributed by atoms with Gasteiger partial charge in [-0.25, -0.2) is 0 Å². The van der Waals surface area contributed by atoms with E-state index in [0.717, 1.165) is 0 Å². The van der Waals surface area contributed by atoms with E-state index in [4.69, 9.17) is 22.4 Å². The van der Waals surface area contributed by atoms with Crippen molar-refractivity contribution in [2.45, 2.75) is 0 Å². The highest BCUT2D eigenvalue weighted by molar-refractivity contribution is 6.32. The number of hydrogen-bond acceptors (Lipinski definition) is 2. The summed E-state index contributed by atoms with van der Waals surface area (Å²) in [5, 5.41) is 9.24. The molecule has 3 nitrogen and oxygen atoms in total. The fourth-order valence-corrected chi connectivity index (χ4v) is 0.899. The normalized spacial score (nSPS) is 8.69. The molecule has 0 saturated carbocycles. The third-order valence-corrected chi connectivity index (χ3v) is 1.58. The number of benzene rings is 1. The van der Waals surface area contributed by atoms with Crippen molar-refractivity contribution >= 4 is 17.5 Å². The fourth-order valence-electron chi connectivity index (χ4n) is 0.718. The van der Waals surface area contributed by atoms with Gasteiger partial charge >= 0.3 is 0 Å². The third kappa shape index (κ3) is 2.69. The lowest BCUT2D eigenvalue weighted by molar-refractivity contribution is -0.112. The molecule has 0 aliphatic heterocycles. The van der Waals surface area contributed by atoms with Gasteiger partial charge in [-0.1, -0.05) is 17.5 Å². The molecule has 0 bridgehead atoms. The molecule has 0 aliphatic rings. The topological polar surface area (TPSA) is 63.3 Å². The predicted octanol–water partition coefficient (Wildman–Crippen LogP) is 0.882. The number of halogens is 1. The Morgan fingerprint density at radius 2 is 2.23 bits per heavy atom. The maximum absolute atomic E-state index is 10.3. The van der Waals surface area contributed by atoms with Gasteiger partial charge in [-0.05, 0) is 24.1 Å². The highest BCUT2D eigenvalue weighted by Gasteiger charge is 1.96. The summed E-state index contributed by atoms with van der Waals surface area (Å²) in [6.07, 6.45) is 0. The second-order valence-electron chi connectivity index (χ2n) is 2.28. The van der Waals surface area contributed by atoms with E-state index in [1.165, 1.54) is 18.2 Å². The van der Waals surface area contributed by atoms with E-state index in [-0.39, 0.29) is 10.8 Å². The van der Waals surface area contributed by atoms with Crippen LogP contribution in [0.4, 0.5) is 0 Å². The molecule has 1 rings (SSSR count). The van der Waals surface area contributed by atoms with Gasteiger partial charge in [-0.15, -0.1) is 0 Å². The van der Waals surface area contributed by atoms with Crippen molar-refractivity contribution in [3.63, 3.8) is 0 Å². The summed E-state index contributed by atoms with van der Waals surface area (Å²) in [6.45, 7) is 0. The maximum atomic E-state index is 10.3. The van der Waals surface area contributed by atoms with E-state index < -0.39 is 5.91 Å². The predicted molar refractivity (Wildman–Crippen MR) is 49.2 cm³/mol. The highest BCUT2D eigenvalue weighted by Crippen LogP contribution is 2.22. The quantitative estimate of drug-likeness (QED) is 0.604. The number of aromatic hydroxyl groups is 1. The van der Waals surface area contributed by atoms with Crippen LogP contribution in [-0.4, -0.2) is 11.0 Å². The van der Waals surface area contributed by atoms with Gasteiger partial charge in [0.2, 0.25) is 0 Å². The second-order valence-corrected chi connectivity index (χ2v) is 2.69. The third-order valence-electron chi connectivity index (χ3n) is 1.28. The molecule has 0 aromatic heterocycles. The lowest BCUT2D eigenvalue weighted by Crippen LogP contribution is -2.06. The number of nitrogens with two attached hydrogens (primary N) is 1. The Morgan fingerprint density at radius 3 is 2.77 bits per heavy atom. The number of phenols is 1. The summed E-state index contributed by atoms with van der Waals surface area (Å²) in [7, 11) is 0. The zero-order valence-corrected chi connectivity index (χ0v) is 7.30. The van der Waals surface area contributed by atoms with Crippen molar-refractivity contribution in [3.05, 3.63) is 28.8 Å². The molecule has 0 aliphatic carbocycles. The Labute approximate surface area is 80.1 Å². The monoisotopic (exact) mass is 195 g/mol. The Bertz CT molecular complexity index is 404. The Morgan fingerprint density at radius 1 is 1.54 bits per heavy atom. The molecule has 0 atom stereocenters. The summed E-state index contributed by atoms with van der Waals surface area (Å²) in [4.78, 5) is 10.3.